The highest BCUT2D eigenvalue weighted by Gasteiger charge is 2.17. The summed E-state index contributed by atoms with van der Waals surface area (Å²) >= 11 is 6.41. The Labute approximate surface area is 212 Å². The fourth-order valence-electron chi connectivity index (χ4n) is 4.04. The number of benzene rings is 2. The van der Waals surface area contributed by atoms with Crippen LogP contribution in [0.5, 0.6) is 0 Å². The molecule has 0 spiro atoms. The molecule has 8 nitrogen and oxygen atoms in total. The van der Waals surface area contributed by atoms with Crippen LogP contribution in [-0.2, 0) is 0 Å². The van der Waals surface area contributed by atoms with E-state index in [2.05, 4.69) is 10.4 Å². The van der Waals surface area contributed by atoms with Gasteiger partial charge in [0.05, 0.1) is 11.1 Å². The molecule has 5 aromatic rings. The number of carbonyl (C=O) groups is 1. The van der Waals surface area contributed by atoms with Gasteiger partial charge in [-0.2, -0.15) is 9.61 Å². The van der Waals surface area contributed by atoms with E-state index >= 15 is 0 Å². The second kappa shape index (κ2) is 9.87. The minimum Gasteiger partial charge on any atom is -0.451 e. The summed E-state index contributed by atoms with van der Waals surface area (Å²) < 4.78 is 7.44. The number of nitrogens with zero attached hydrogens (tertiary/aromatic N) is 4. The van der Waals surface area contributed by atoms with Crippen LogP contribution < -0.4 is 16.2 Å². The van der Waals surface area contributed by atoms with Crippen molar-refractivity contribution in [2.45, 2.75) is 6.42 Å². The van der Waals surface area contributed by atoms with Crippen LogP contribution in [0.3, 0.4) is 0 Å². The number of halogens is 1. The minimum atomic E-state index is -0.340. The topological polar surface area (TPSA) is 92.7 Å². The van der Waals surface area contributed by atoms with Crippen molar-refractivity contribution < 1.29 is 9.21 Å². The number of nitrogens with one attached hydrogen (secondary N) is 1. The van der Waals surface area contributed by atoms with E-state index in [4.69, 9.17) is 21.0 Å². The van der Waals surface area contributed by atoms with Crippen molar-refractivity contribution >= 4 is 53.3 Å². The third-order valence-electron chi connectivity index (χ3n) is 5.97. The average Bonchev–Trinajstić information content (AvgIpc) is 3.26. The van der Waals surface area contributed by atoms with E-state index in [1.165, 1.54) is 6.07 Å². The second-order valence-corrected chi connectivity index (χ2v) is 8.95. The van der Waals surface area contributed by atoms with Crippen molar-refractivity contribution in [2.75, 3.05) is 25.5 Å². The van der Waals surface area contributed by atoms with Gasteiger partial charge in [-0.1, -0.05) is 41.9 Å². The van der Waals surface area contributed by atoms with Gasteiger partial charge in [0.1, 0.15) is 19.2 Å². The third kappa shape index (κ3) is 4.57. The second-order valence-electron chi connectivity index (χ2n) is 8.55. The van der Waals surface area contributed by atoms with Crippen LogP contribution in [0.2, 0.25) is 5.02 Å². The molecule has 0 saturated carbocycles. The Morgan fingerprint density at radius 3 is 2.78 bits per heavy atom. The zero-order valence-electron chi connectivity index (χ0n) is 19.9. The van der Waals surface area contributed by atoms with Crippen LogP contribution in [0, 0.1) is 0 Å². The van der Waals surface area contributed by atoms with Crippen molar-refractivity contribution in [2.24, 2.45) is 0 Å². The number of anilines is 1. The number of hydrogen-bond acceptors (Lipinski definition) is 6. The Morgan fingerprint density at radius 2 is 1.94 bits per heavy atom. The number of fused-ring (bicyclic) bond motifs is 2. The number of rotatable bonds is 7. The Kier molecular flexibility index (Phi) is 6.48. The Hall–Kier alpha value is -4.11. The van der Waals surface area contributed by atoms with Crippen LogP contribution in [0.15, 0.2) is 76.1 Å². The smallest absolute Gasteiger partial charge is 0.289 e. The summed E-state index contributed by atoms with van der Waals surface area (Å²) in [6.45, 7) is 1.05. The largest absolute Gasteiger partial charge is 0.451 e. The first-order valence-corrected chi connectivity index (χ1v) is 11.9. The summed E-state index contributed by atoms with van der Waals surface area (Å²) in [5.41, 5.74) is 3.45. The molecular weight excluding hydrogens is 477 g/mol. The lowest BCUT2D eigenvalue weighted by Gasteiger charge is -2.17. The normalized spacial score (nSPS) is 11.2. The number of amides is 1. The molecule has 0 aliphatic rings. The van der Waals surface area contributed by atoms with E-state index in [1.807, 2.05) is 38.2 Å². The third-order valence-corrected chi connectivity index (χ3v) is 6.30. The minimum absolute atomic E-state index is 0.0291. The molecule has 1 amide bonds. The monoisotopic (exact) mass is 499 g/mol. The highest BCUT2D eigenvalue weighted by atomic mass is 35.5. The fraction of sp³-hybridized carbons (Fsp3) is 0.154. The Bertz CT molecular complexity index is 1650. The van der Waals surface area contributed by atoms with Gasteiger partial charge >= 0.3 is 0 Å². The number of hydrogen-bond donors (Lipinski definition) is 1. The van der Waals surface area contributed by atoms with Gasteiger partial charge in [-0.25, -0.2) is 4.98 Å². The van der Waals surface area contributed by atoms with Crippen LogP contribution in [0.4, 0.5) is 5.82 Å². The number of para-hydroxylation sites is 1. The number of carbonyl (C=O) groups excluding carboxylic acids is 1. The summed E-state index contributed by atoms with van der Waals surface area (Å²) in [6.07, 6.45) is 2.43. The molecule has 3 aromatic heterocycles. The van der Waals surface area contributed by atoms with E-state index < -0.39 is 0 Å². The summed E-state index contributed by atoms with van der Waals surface area (Å²) in [7, 11) is 3.65. The molecule has 0 atom stereocenters. The van der Waals surface area contributed by atoms with Crippen molar-refractivity contribution in [3.05, 3.63) is 87.9 Å². The van der Waals surface area contributed by atoms with Gasteiger partial charge in [-0.05, 0) is 30.1 Å². The zero-order valence-corrected chi connectivity index (χ0v) is 20.6. The highest BCUT2D eigenvalue weighted by molar-refractivity contribution is 6.36. The molecule has 180 valence electrons. The molecule has 0 unspecified atom stereocenters. The first-order chi connectivity index (χ1) is 17.4. The maximum atomic E-state index is 12.9. The summed E-state index contributed by atoms with van der Waals surface area (Å²) in [5, 5.41) is 8.92. The SMILES string of the molecule is Bc1cnn2c(NCCCN(C)C(=O)c3cc(=O)c4ccccc4o3)cc(-c3ccccc3Cl)nc12. The zero-order chi connectivity index (χ0) is 25.2. The van der Waals surface area contributed by atoms with Gasteiger partial charge in [0.2, 0.25) is 0 Å². The van der Waals surface area contributed by atoms with Gasteiger partial charge < -0.3 is 14.6 Å². The molecule has 2 aromatic carbocycles. The molecule has 0 aliphatic heterocycles. The molecular formula is C26H23BClN5O3. The molecule has 3 heterocycles. The molecule has 10 heteroatoms. The van der Waals surface area contributed by atoms with Gasteiger partial charge in [0.15, 0.2) is 16.8 Å². The lowest BCUT2D eigenvalue weighted by molar-refractivity contribution is 0.0764. The van der Waals surface area contributed by atoms with E-state index in [0.717, 1.165) is 28.2 Å². The fourth-order valence-corrected chi connectivity index (χ4v) is 4.27. The predicted octanol–water partition coefficient (Wildman–Crippen LogP) is 2.99. The quantitative estimate of drug-likeness (QED) is 0.273. The highest BCUT2D eigenvalue weighted by Crippen LogP contribution is 2.28. The molecule has 5 rings (SSSR count). The van der Waals surface area contributed by atoms with Gasteiger partial charge in [-0.15, -0.1) is 0 Å². The summed E-state index contributed by atoms with van der Waals surface area (Å²) in [5.74, 6) is 0.465. The van der Waals surface area contributed by atoms with Crippen molar-refractivity contribution in [1.82, 2.24) is 19.5 Å². The summed E-state index contributed by atoms with van der Waals surface area (Å²) in [4.78, 5) is 31.5. The predicted molar refractivity (Wildman–Crippen MR) is 144 cm³/mol. The molecule has 36 heavy (non-hydrogen) atoms. The van der Waals surface area contributed by atoms with E-state index in [9.17, 15) is 9.59 Å². The van der Waals surface area contributed by atoms with Crippen molar-refractivity contribution in [1.29, 1.82) is 0 Å². The maximum Gasteiger partial charge on any atom is 0.289 e. The number of aromatic nitrogens is 3. The van der Waals surface area contributed by atoms with E-state index in [0.29, 0.717) is 35.5 Å². The molecule has 0 bridgehead atoms. The van der Waals surface area contributed by atoms with Crippen LogP contribution >= 0.6 is 11.6 Å². The summed E-state index contributed by atoms with van der Waals surface area (Å²) in [6, 6.07) is 17.6. The first kappa shape index (κ1) is 23.6. The van der Waals surface area contributed by atoms with Gasteiger partial charge in [0, 0.05) is 49.1 Å². The standard InChI is InChI=1S/C26H23BClN5O3/c1-32(26(35)23-14-21(34)17-8-3-5-10-22(17)36-23)12-6-11-29-24-13-20(16-7-2-4-9-19(16)28)31-25-18(27)15-30-33(24)25/h2-5,7-10,13-15,29H,6,11-12,27H2,1H3. The molecule has 1 N–H and O–H groups in total. The van der Waals surface area contributed by atoms with Gasteiger partial charge in [-0.3, -0.25) is 9.59 Å². The lowest BCUT2D eigenvalue weighted by Crippen LogP contribution is -2.29. The first-order valence-electron chi connectivity index (χ1n) is 11.5. The van der Waals surface area contributed by atoms with Crippen LogP contribution in [0.25, 0.3) is 27.9 Å². The van der Waals surface area contributed by atoms with Crippen molar-refractivity contribution in [3.63, 3.8) is 0 Å². The van der Waals surface area contributed by atoms with Crippen molar-refractivity contribution in [3.8, 4) is 11.3 Å². The van der Waals surface area contributed by atoms with Gasteiger partial charge in [0.25, 0.3) is 5.91 Å². The molecule has 0 aliphatic carbocycles. The average molecular weight is 500 g/mol. The molecule has 0 saturated heterocycles. The lowest BCUT2D eigenvalue weighted by atomic mass is 10.0. The molecule has 0 fully saturated rings. The maximum absolute atomic E-state index is 12.9. The Balaban J connectivity index is 1.28. The van der Waals surface area contributed by atoms with E-state index in [-0.39, 0.29) is 17.1 Å². The van der Waals surface area contributed by atoms with E-state index in [1.54, 1.807) is 46.9 Å². The molecule has 0 radical (unpaired) electrons. The van der Waals surface area contributed by atoms with Crippen LogP contribution in [0.1, 0.15) is 17.0 Å². The Morgan fingerprint density at radius 1 is 1.17 bits per heavy atom. The van der Waals surface area contributed by atoms with Crippen LogP contribution in [-0.4, -0.2) is 53.4 Å².